The third-order valence-electron chi connectivity index (χ3n) is 3.99. The Kier molecular flexibility index (Phi) is 5.84. The highest BCUT2D eigenvalue weighted by molar-refractivity contribution is 8.06. The summed E-state index contributed by atoms with van der Waals surface area (Å²) >= 11 is 9.11. The van der Waals surface area contributed by atoms with Crippen LogP contribution in [0.3, 0.4) is 0 Å². The molecule has 1 aliphatic heterocycles. The summed E-state index contributed by atoms with van der Waals surface area (Å²) in [4.78, 5) is 12.9. The highest BCUT2D eigenvalue weighted by Gasteiger charge is 2.42. The number of nitrogens with one attached hydrogen (secondary N) is 1. The van der Waals surface area contributed by atoms with Gasteiger partial charge < -0.3 is 11.1 Å². The van der Waals surface area contributed by atoms with E-state index in [0.29, 0.717) is 10.2 Å². The van der Waals surface area contributed by atoms with Crippen molar-refractivity contribution in [1.82, 2.24) is 5.32 Å². The van der Waals surface area contributed by atoms with Crippen LogP contribution in [0.25, 0.3) is 0 Å². The van der Waals surface area contributed by atoms with Crippen LogP contribution in [0.2, 0.25) is 0 Å². The zero-order chi connectivity index (χ0) is 13.7. The van der Waals surface area contributed by atoms with Gasteiger partial charge >= 0.3 is 0 Å². The van der Waals surface area contributed by atoms with Gasteiger partial charge in [0.05, 0.1) is 10.4 Å². The summed E-state index contributed by atoms with van der Waals surface area (Å²) in [5.41, 5.74) is 5.30. The first-order chi connectivity index (χ1) is 9.15. The molecule has 1 atom stereocenters. The van der Waals surface area contributed by atoms with E-state index in [-0.39, 0.29) is 5.91 Å². The molecule has 1 unspecified atom stereocenters. The van der Waals surface area contributed by atoms with Crippen molar-refractivity contribution < 1.29 is 4.79 Å². The van der Waals surface area contributed by atoms with Crippen LogP contribution in [0.15, 0.2) is 0 Å². The third kappa shape index (κ3) is 3.79. The molecule has 3 N–H and O–H groups in total. The van der Waals surface area contributed by atoms with Crippen molar-refractivity contribution in [3.8, 4) is 0 Å². The molecule has 108 valence electrons. The van der Waals surface area contributed by atoms with Crippen molar-refractivity contribution in [3.05, 3.63) is 0 Å². The zero-order valence-corrected chi connectivity index (χ0v) is 13.6. The van der Waals surface area contributed by atoms with Crippen LogP contribution in [0.5, 0.6) is 0 Å². The van der Waals surface area contributed by atoms with E-state index in [2.05, 4.69) is 5.32 Å². The van der Waals surface area contributed by atoms with Crippen LogP contribution in [-0.4, -0.2) is 39.9 Å². The van der Waals surface area contributed by atoms with Gasteiger partial charge in [0, 0.05) is 29.1 Å². The number of carbonyl (C=O) groups excluding carboxylic acids is 1. The Labute approximate surface area is 129 Å². The van der Waals surface area contributed by atoms with Crippen LogP contribution >= 0.6 is 35.7 Å². The van der Waals surface area contributed by atoms with Crippen molar-refractivity contribution in [1.29, 1.82) is 0 Å². The lowest BCUT2D eigenvalue weighted by molar-refractivity contribution is -0.128. The topological polar surface area (TPSA) is 55.1 Å². The standard InChI is InChI=1S/C13H22N2OS3/c14-11(17)13(4-2-1-3-5-13)12(16)15-8-10-9-18-6-7-19-10/h10H,1-9H2,(H2,14,17)(H,15,16). The molecule has 2 fully saturated rings. The summed E-state index contributed by atoms with van der Waals surface area (Å²) in [5.74, 6) is 3.61. The fraction of sp³-hybridized carbons (Fsp3) is 0.846. The minimum absolute atomic E-state index is 0.0656. The zero-order valence-electron chi connectivity index (χ0n) is 11.2. The Hall–Kier alpha value is 0.0600. The molecule has 6 heteroatoms. The molecule has 0 aromatic rings. The molecule has 0 radical (unpaired) electrons. The normalized spacial score (nSPS) is 26.6. The second-order valence-corrected chi connectivity index (χ2v) is 8.28. The smallest absolute Gasteiger partial charge is 0.233 e. The molecule has 0 bridgehead atoms. The van der Waals surface area contributed by atoms with Crippen molar-refractivity contribution in [2.75, 3.05) is 23.8 Å². The number of carbonyl (C=O) groups is 1. The molecule has 0 aromatic heterocycles. The molecule has 2 aliphatic rings. The van der Waals surface area contributed by atoms with E-state index in [1.54, 1.807) is 0 Å². The lowest BCUT2D eigenvalue weighted by Crippen LogP contribution is -2.51. The number of hydrogen-bond acceptors (Lipinski definition) is 4. The molecule has 1 aliphatic carbocycles. The number of rotatable bonds is 4. The van der Waals surface area contributed by atoms with Gasteiger partial charge in [0.15, 0.2) is 0 Å². The Morgan fingerprint density at radius 1 is 1.32 bits per heavy atom. The van der Waals surface area contributed by atoms with Crippen LogP contribution in [-0.2, 0) is 4.79 Å². The maximum absolute atomic E-state index is 12.5. The van der Waals surface area contributed by atoms with Gasteiger partial charge in [-0.2, -0.15) is 23.5 Å². The molecule has 0 aromatic carbocycles. The predicted octanol–water partition coefficient (Wildman–Crippen LogP) is 2.19. The van der Waals surface area contributed by atoms with Crippen molar-refractivity contribution >= 4 is 46.6 Å². The lowest BCUT2D eigenvalue weighted by atomic mass is 9.73. The summed E-state index contributed by atoms with van der Waals surface area (Å²) in [6.07, 6.45) is 4.94. The molecule has 19 heavy (non-hydrogen) atoms. The maximum atomic E-state index is 12.5. The summed E-state index contributed by atoms with van der Waals surface area (Å²) in [6, 6.07) is 0. The Morgan fingerprint density at radius 2 is 2.05 bits per heavy atom. The number of hydrogen-bond donors (Lipinski definition) is 2. The van der Waals surface area contributed by atoms with Gasteiger partial charge in [0.1, 0.15) is 0 Å². The molecule has 0 spiro atoms. The Bertz CT molecular complexity index is 337. The van der Waals surface area contributed by atoms with E-state index >= 15 is 0 Å². The van der Waals surface area contributed by atoms with E-state index in [1.165, 1.54) is 17.9 Å². The van der Waals surface area contributed by atoms with E-state index < -0.39 is 5.41 Å². The number of thiocarbonyl (C=S) groups is 1. The van der Waals surface area contributed by atoms with E-state index in [4.69, 9.17) is 18.0 Å². The quantitative estimate of drug-likeness (QED) is 0.778. The van der Waals surface area contributed by atoms with Gasteiger partial charge in [-0.25, -0.2) is 0 Å². The maximum Gasteiger partial charge on any atom is 0.233 e. The van der Waals surface area contributed by atoms with Gasteiger partial charge in [0.25, 0.3) is 0 Å². The van der Waals surface area contributed by atoms with Crippen LogP contribution < -0.4 is 11.1 Å². The summed E-state index contributed by atoms with van der Waals surface area (Å²) in [5, 5.41) is 3.64. The minimum atomic E-state index is -0.569. The SMILES string of the molecule is NC(=S)C1(C(=O)NCC2CSCCS2)CCCCC1. The molecule has 1 saturated heterocycles. The lowest BCUT2D eigenvalue weighted by Gasteiger charge is -2.35. The molecule has 1 heterocycles. The highest BCUT2D eigenvalue weighted by Crippen LogP contribution is 2.37. The first-order valence-electron chi connectivity index (χ1n) is 6.93. The summed E-state index contributed by atoms with van der Waals surface area (Å²) < 4.78 is 0. The molecule has 3 nitrogen and oxygen atoms in total. The van der Waals surface area contributed by atoms with E-state index in [9.17, 15) is 4.79 Å². The first kappa shape index (κ1) is 15.4. The number of thioether (sulfide) groups is 2. The fourth-order valence-electron chi connectivity index (χ4n) is 2.77. The Balaban J connectivity index is 1.90. The summed E-state index contributed by atoms with van der Waals surface area (Å²) in [6.45, 7) is 0.751. The second-order valence-electron chi connectivity index (χ2n) is 5.28. The average molecular weight is 319 g/mol. The monoisotopic (exact) mass is 318 g/mol. The largest absolute Gasteiger partial charge is 0.392 e. The number of amides is 1. The number of nitrogens with two attached hydrogens (primary N) is 1. The average Bonchev–Trinajstić information content (AvgIpc) is 2.46. The second kappa shape index (κ2) is 7.18. The van der Waals surface area contributed by atoms with Crippen molar-refractivity contribution in [2.24, 2.45) is 11.1 Å². The Morgan fingerprint density at radius 3 is 2.63 bits per heavy atom. The van der Waals surface area contributed by atoms with Gasteiger partial charge in [-0.15, -0.1) is 0 Å². The van der Waals surface area contributed by atoms with Gasteiger partial charge in [-0.05, 0) is 12.8 Å². The highest BCUT2D eigenvalue weighted by atomic mass is 32.2. The minimum Gasteiger partial charge on any atom is -0.392 e. The van der Waals surface area contributed by atoms with E-state index in [0.717, 1.165) is 38.0 Å². The fourth-order valence-corrected chi connectivity index (χ4v) is 5.68. The summed E-state index contributed by atoms with van der Waals surface area (Å²) in [7, 11) is 0. The van der Waals surface area contributed by atoms with Crippen molar-refractivity contribution in [3.63, 3.8) is 0 Å². The van der Waals surface area contributed by atoms with Gasteiger partial charge in [0.2, 0.25) is 5.91 Å². The molecular weight excluding hydrogens is 296 g/mol. The van der Waals surface area contributed by atoms with Crippen LogP contribution in [0.1, 0.15) is 32.1 Å². The van der Waals surface area contributed by atoms with E-state index in [1.807, 2.05) is 23.5 Å². The van der Waals surface area contributed by atoms with Gasteiger partial charge in [-0.3, -0.25) is 4.79 Å². The molecule has 1 amide bonds. The third-order valence-corrected chi connectivity index (χ3v) is 7.22. The predicted molar refractivity (Wildman–Crippen MR) is 88.9 cm³/mol. The molecule has 2 rings (SSSR count). The molecular formula is C13H22N2OS3. The molecule has 1 saturated carbocycles. The first-order valence-corrected chi connectivity index (χ1v) is 9.54. The van der Waals surface area contributed by atoms with Crippen LogP contribution in [0.4, 0.5) is 0 Å². The van der Waals surface area contributed by atoms with Crippen molar-refractivity contribution in [2.45, 2.75) is 37.4 Å². The van der Waals surface area contributed by atoms with Crippen LogP contribution in [0, 0.1) is 5.41 Å². The van der Waals surface area contributed by atoms with Gasteiger partial charge in [-0.1, -0.05) is 31.5 Å².